The number of hydrogen-bond donors (Lipinski definition) is 1. The number of amides is 1. The van der Waals surface area contributed by atoms with Crippen molar-refractivity contribution in [3.8, 4) is 0 Å². The molecule has 1 aliphatic heterocycles. The van der Waals surface area contributed by atoms with Gasteiger partial charge in [0.1, 0.15) is 0 Å². The van der Waals surface area contributed by atoms with Gasteiger partial charge in [-0.2, -0.15) is 4.98 Å². The molecule has 0 atom stereocenters. The molecule has 1 fully saturated rings. The Balaban J connectivity index is 1.36. The lowest BCUT2D eigenvalue weighted by Crippen LogP contribution is -2.44. The molecule has 2 aromatic heterocycles. The number of nitrogens with one attached hydrogen (secondary N) is 1. The molecule has 8 nitrogen and oxygen atoms in total. The molecule has 3 heterocycles. The summed E-state index contributed by atoms with van der Waals surface area (Å²) in [4.78, 5) is 25.2. The number of likely N-dealkylation sites (N-methyl/N-ethyl adjacent to an activating group) is 1. The molecule has 1 saturated heterocycles. The maximum atomic E-state index is 12.2. The van der Waals surface area contributed by atoms with Crippen LogP contribution in [0, 0.1) is 0 Å². The Labute approximate surface area is 151 Å². The maximum absolute atomic E-state index is 12.2. The van der Waals surface area contributed by atoms with Crippen LogP contribution in [0.1, 0.15) is 16.2 Å². The van der Waals surface area contributed by atoms with Crippen LogP contribution in [0.2, 0.25) is 0 Å². The summed E-state index contributed by atoms with van der Waals surface area (Å²) in [5.41, 5.74) is 2.26. The van der Waals surface area contributed by atoms with Gasteiger partial charge in [-0.05, 0) is 30.8 Å². The van der Waals surface area contributed by atoms with Crippen LogP contribution in [-0.2, 0) is 6.54 Å². The van der Waals surface area contributed by atoms with Crippen LogP contribution in [-0.4, -0.2) is 63.6 Å². The van der Waals surface area contributed by atoms with Crippen molar-refractivity contribution in [3.05, 3.63) is 54.1 Å². The Kier molecular flexibility index (Phi) is 4.49. The Morgan fingerprint density at radius 1 is 1.15 bits per heavy atom. The lowest BCUT2D eigenvalue weighted by atomic mass is 10.2. The predicted molar refractivity (Wildman–Crippen MR) is 98.1 cm³/mol. The lowest BCUT2D eigenvalue weighted by Gasteiger charge is -2.34. The fourth-order valence-corrected chi connectivity index (χ4v) is 2.98. The first-order chi connectivity index (χ1) is 12.7. The van der Waals surface area contributed by atoms with Gasteiger partial charge in [0.2, 0.25) is 5.82 Å². The minimum Gasteiger partial charge on any atom is -0.369 e. The number of rotatable bonds is 4. The highest BCUT2D eigenvalue weighted by Crippen LogP contribution is 2.17. The summed E-state index contributed by atoms with van der Waals surface area (Å²) in [6.45, 7) is 4.68. The summed E-state index contributed by atoms with van der Waals surface area (Å²) in [6, 6.07) is 10.1. The van der Waals surface area contributed by atoms with E-state index in [-0.39, 0.29) is 11.7 Å². The zero-order valence-electron chi connectivity index (χ0n) is 14.7. The molecule has 1 aromatic carbocycles. The van der Waals surface area contributed by atoms with Gasteiger partial charge in [0.05, 0.1) is 0 Å². The van der Waals surface area contributed by atoms with Gasteiger partial charge in [0, 0.05) is 50.8 Å². The van der Waals surface area contributed by atoms with Crippen LogP contribution in [0.4, 0.5) is 5.69 Å². The first-order valence-electron chi connectivity index (χ1n) is 8.67. The van der Waals surface area contributed by atoms with E-state index in [0.29, 0.717) is 12.3 Å². The molecule has 1 aliphatic rings. The highest BCUT2D eigenvalue weighted by Gasteiger charge is 2.15. The first-order valence-corrected chi connectivity index (χ1v) is 8.67. The van der Waals surface area contributed by atoms with Gasteiger partial charge in [-0.25, -0.2) is 9.50 Å². The van der Waals surface area contributed by atoms with Gasteiger partial charge in [-0.1, -0.05) is 12.1 Å². The number of nitrogens with zero attached hydrogens (tertiary/aromatic N) is 6. The van der Waals surface area contributed by atoms with Crippen molar-refractivity contribution in [1.82, 2.24) is 29.8 Å². The number of anilines is 1. The van der Waals surface area contributed by atoms with E-state index in [2.05, 4.69) is 49.4 Å². The van der Waals surface area contributed by atoms with Crippen molar-refractivity contribution in [1.29, 1.82) is 0 Å². The van der Waals surface area contributed by atoms with E-state index < -0.39 is 0 Å². The quantitative estimate of drug-likeness (QED) is 0.749. The van der Waals surface area contributed by atoms with Crippen molar-refractivity contribution in [3.63, 3.8) is 0 Å². The summed E-state index contributed by atoms with van der Waals surface area (Å²) in [6.07, 6.45) is 3.33. The maximum Gasteiger partial charge on any atom is 0.291 e. The Morgan fingerprint density at radius 3 is 2.65 bits per heavy atom. The standard InChI is InChI=1S/C18H21N7O/c1-23-9-11-24(12-10-23)15-5-3-14(4-6-15)13-20-17(26)16-21-18-19-7-2-8-25(18)22-16/h2-8H,9-13H2,1H3,(H,20,26). The zero-order chi connectivity index (χ0) is 17.9. The summed E-state index contributed by atoms with van der Waals surface area (Å²) in [7, 11) is 2.15. The van der Waals surface area contributed by atoms with Crippen molar-refractivity contribution in [2.75, 3.05) is 38.1 Å². The van der Waals surface area contributed by atoms with Crippen LogP contribution in [0.3, 0.4) is 0 Å². The number of piperazine rings is 1. The lowest BCUT2D eigenvalue weighted by molar-refractivity contribution is 0.0940. The molecular weight excluding hydrogens is 330 g/mol. The van der Waals surface area contributed by atoms with E-state index in [1.54, 1.807) is 18.5 Å². The second-order valence-electron chi connectivity index (χ2n) is 6.44. The number of fused-ring (bicyclic) bond motifs is 1. The largest absolute Gasteiger partial charge is 0.369 e. The van der Waals surface area contributed by atoms with Crippen LogP contribution in [0.25, 0.3) is 5.78 Å². The molecule has 1 amide bonds. The third-order valence-corrected chi connectivity index (χ3v) is 4.58. The van der Waals surface area contributed by atoms with E-state index in [1.165, 1.54) is 10.2 Å². The van der Waals surface area contributed by atoms with Crippen molar-refractivity contribution >= 4 is 17.4 Å². The van der Waals surface area contributed by atoms with Crippen LogP contribution in [0.5, 0.6) is 0 Å². The third-order valence-electron chi connectivity index (χ3n) is 4.58. The van der Waals surface area contributed by atoms with Gasteiger partial charge in [-0.3, -0.25) is 4.79 Å². The van der Waals surface area contributed by atoms with Crippen LogP contribution < -0.4 is 10.2 Å². The van der Waals surface area contributed by atoms with E-state index >= 15 is 0 Å². The van der Waals surface area contributed by atoms with Gasteiger partial charge < -0.3 is 15.1 Å². The number of carbonyl (C=O) groups excluding carboxylic acids is 1. The van der Waals surface area contributed by atoms with Gasteiger partial charge in [0.25, 0.3) is 11.7 Å². The van der Waals surface area contributed by atoms with Gasteiger partial charge in [0.15, 0.2) is 0 Å². The average molecular weight is 351 g/mol. The van der Waals surface area contributed by atoms with Crippen LogP contribution in [0.15, 0.2) is 42.7 Å². The number of aromatic nitrogens is 4. The number of benzene rings is 1. The third kappa shape index (κ3) is 3.50. The minimum absolute atomic E-state index is 0.123. The smallest absolute Gasteiger partial charge is 0.291 e. The summed E-state index contributed by atoms with van der Waals surface area (Å²) >= 11 is 0. The van der Waals surface area contributed by atoms with Gasteiger partial charge >= 0.3 is 0 Å². The summed E-state index contributed by atoms with van der Waals surface area (Å²) in [5.74, 6) is 0.227. The second kappa shape index (κ2) is 7.09. The molecule has 0 bridgehead atoms. The molecule has 4 rings (SSSR count). The Bertz CT molecular complexity index is 864. The number of carbonyl (C=O) groups is 1. The molecule has 26 heavy (non-hydrogen) atoms. The molecule has 0 unspecified atom stereocenters. The molecule has 3 aromatic rings. The highest BCUT2D eigenvalue weighted by molar-refractivity contribution is 5.90. The second-order valence-corrected chi connectivity index (χ2v) is 6.44. The molecule has 0 spiro atoms. The SMILES string of the molecule is CN1CCN(c2ccc(CNC(=O)c3nc4ncccn4n3)cc2)CC1. The number of hydrogen-bond acceptors (Lipinski definition) is 6. The van der Waals surface area contributed by atoms with Crippen molar-refractivity contribution in [2.45, 2.75) is 6.54 Å². The summed E-state index contributed by atoms with van der Waals surface area (Å²) in [5, 5.41) is 6.98. The molecule has 8 heteroatoms. The zero-order valence-corrected chi connectivity index (χ0v) is 14.7. The average Bonchev–Trinajstić information content (AvgIpc) is 3.11. The van der Waals surface area contributed by atoms with E-state index in [4.69, 9.17) is 0 Å². The van der Waals surface area contributed by atoms with E-state index in [9.17, 15) is 4.79 Å². The molecule has 134 valence electrons. The highest BCUT2D eigenvalue weighted by atomic mass is 16.2. The first kappa shape index (κ1) is 16.5. The van der Waals surface area contributed by atoms with Gasteiger partial charge in [-0.15, -0.1) is 5.10 Å². The summed E-state index contributed by atoms with van der Waals surface area (Å²) < 4.78 is 1.49. The molecule has 1 N–H and O–H groups in total. The van der Waals surface area contributed by atoms with E-state index in [1.807, 2.05) is 12.1 Å². The fraction of sp³-hybridized carbons (Fsp3) is 0.333. The monoisotopic (exact) mass is 351 g/mol. The molecular formula is C18H21N7O. The topological polar surface area (TPSA) is 78.7 Å². The normalized spacial score (nSPS) is 15.3. The van der Waals surface area contributed by atoms with E-state index in [0.717, 1.165) is 31.7 Å². The van der Waals surface area contributed by atoms with Crippen molar-refractivity contribution < 1.29 is 4.79 Å². The molecule has 0 saturated carbocycles. The molecule has 0 radical (unpaired) electrons. The predicted octanol–water partition coefficient (Wildman–Crippen LogP) is 0.806. The Morgan fingerprint density at radius 2 is 1.92 bits per heavy atom. The fourth-order valence-electron chi connectivity index (χ4n) is 2.98. The Hall–Kier alpha value is -3.00. The molecule has 0 aliphatic carbocycles. The van der Waals surface area contributed by atoms with Crippen LogP contribution >= 0.6 is 0 Å². The van der Waals surface area contributed by atoms with Crippen molar-refractivity contribution in [2.24, 2.45) is 0 Å². The minimum atomic E-state index is -0.307.